The van der Waals surface area contributed by atoms with E-state index in [0.717, 1.165) is 5.56 Å². The number of nitrogens with zero attached hydrogens (tertiary/aromatic N) is 1. The lowest BCUT2D eigenvalue weighted by atomic mass is 10.2. The number of esters is 1. The molecular weight excluding hydrogens is 408 g/mol. The van der Waals surface area contributed by atoms with Gasteiger partial charge in [0.25, 0.3) is 11.8 Å². The van der Waals surface area contributed by atoms with Gasteiger partial charge in [0.05, 0.1) is 0 Å². The molecule has 0 bridgehead atoms. The second kappa shape index (κ2) is 11.2. The summed E-state index contributed by atoms with van der Waals surface area (Å²) in [6, 6.07) is 11.6. The molecule has 0 atom stereocenters. The second-order valence-electron chi connectivity index (χ2n) is 6.46. The molecule has 0 aliphatic rings. The first kappa shape index (κ1) is 23.2. The molecule has 0 saturated heterocycles. The molecule has 0 fully saturated rings. The fourth-order valence-corrected chi connectivity index (χ4v) is 2.91. The Labute approximate surface area is 180 Å². The number of carbonyl (C=O) groups excluding carboxylic acids is 3. The number of benzene rings is 2. The van der Waals surface area contributed by atoms with E-state index in [4.69, 9.17) is 21.1 Å². The molecule has 30 heavy (non-hydrogen) atoms. The van der Waals surface area contributed by atoms with Crippen molar-refractivity contribution in [1.29, 1.82) is 0 Å². The normalized spacial score (nSPS) is 10.3. The number of hydrogen-bond donors (Lipinski definition) is 1. The van der Waals surface area contributed by atoms with Gasteiger partial charge in [-0.05, 0) is 68.8 Å². The van der Waals surface area contributed by atoms with Crippen molar-refractivity contribution >= 4 is 35.1 Å². The van der Waals surface area contributed by atoms with Crippen LogP contribution in [0.15, 0.2) is 42.5 Å². The van der Waals surface area contributed by atoms with Gasteiger partial charge < -0.3 is 19.7 Å². The molecule has 0 spiro atoms. The highest BCUT2D eigenvalue weighted by Gasteiger charge is 2.13. The summed E-state index contributed by atoms with van der Waals surface area (Å²) in [7, 11) is 0. The van der Waals surface area contributed by atoms with E-state index in [0.29, 0.717) is 35.1 Å². The van der Waals surface area contributed by atoms with Crippen LogP contribution in [-0.4, -0.2) is 49.0 Å². The first-order valence-corrected chi connectivity index (χ1v) is 9.95. The number of nitrogens with one attached hydrogen (secondary N) is 1. The summed E-state index contributed by atoms with van der Waals surface area (Å²) in [5, 5.41) is 3.19. The Morgan fingerprint density at radius 2 is 1.67 bits per heavy atom. The molecule has 0 unspecified atom stereocenters. The van der Waals surface area contributed by atoms with E-state index in [1.807, 2.05) is 13.8 Å². The minimum atomic E-state index is -0.667. The first-order valence-electron chi connectivity index (χ1n) is 9.57. The Hall–Kier alpha value is -3.06. The molecule has 160 valence electrons. The Morgan fingerprint density at radius 3 is 2.27 bits per heavy atom. The Balaban J connectivity index is 1.78. The van der Waals surface area contributed by atoms with Gasteiger partial charge in [0.2, 0.25) is 0 Å². The van der Waals surface area contributed by atoms with Crippen molar-refractivity contribution in [3.8, 4) is 5.75 Å². The van der Waals surface area contributed by atoms with Crippen LogP contribution < -0.4 is 10.1 Å². The van der Waals surface area contributed by atoms with Crippen LogP contribution in [-0.2, 0) is 14.3 Å². The Bertz CT molecular complexity index is 895. The summed E-state index contributed by atoms with van der Waals surface area (Å²) in [4.78, 5) is 37.8. The molecule has 2 amide bonds. The number of rotatable bonds is 9. The van der Waals surface area contributed by atoms with Gasteiger partial charge in [0.1, 0.15) is 5.75 Å². The van der Waals surface area contributed by atoms with Crippen molar-refractivity contribution in [1.82, 2.24) is 4.90 Å². The number of hydrogen-bond acceptors (Lipinski definition) is 5. The third-order valence-electron chi connectivity index (χ3n) is 4.31. The summed E-state index contributed by atoms with van der Waals surface area (Å²) in [5.41, 5.74) is 1.83. The van der Waals surface area contributed by atoms with Crippen molar-refractivity contribution in [2.75, 3.05) is 31.6 Å². The number of ether oxygens (including phenoxy) is 2. The minimum Gasteiger partial charge on any atom is -0.482 e. The van der Waals surface area contributed by atoms with Crippen LogP contribution >= 0.6 is 11.6 Å². The lowest BCUT2D eigenvalue weighted by molar-refractivity contribution is -0.149. The summed E-state index contributed by atoms with van der Waals surface area (Å²) in [6.07, 6.45) is 0. The average molecular weight is 433 g/mol. The van der Waals surface area contributed by atoms with Crippen LogP contribution in [0, 0.1) is 6.92 Å². The molecule has 0 saturated carbocycles. The van der Waals surface area contributed by atoms with Crippen LogP contribution in [0.4, 0.5) is 5.69 Å². The SMILES string of the molecule is CCN(CC)C(=O)c1ccc(NC(=O)COC(=O)COc2ccc(Cl)cc2C)cc1. The van der Waals surface area contributed by atoms with Crippen molar-refractivity contribution in [2.45, 2.75) is 20.8 Å². The van der Waals surface area contributed by atoms with E-state index in [9.17, 15) is 14.4 Å². The van der Waals surface area contributed by atoms with Crippen molar-refractivity contribution in [3.63, 3.8) is 0 Å². The number of anilines is 1. The van der Waals surface area contributed by atoms with Gasteiger partial charge in [0.15, 0.2) is 13.2 Å². The Kier molecular flexibility index (Phi) is 8.68. The highest BCUT2D eigenvalue weighted by atomic mass is 35.5. The smallest absolute Gasteiger partial charge is 0.344 e. The van der Waals surface area contributed by atoms with Crippen LogP contribution in [0.2, 0.25) is 5.02 Å². The predicted octanol–water partition coefficient (Wildman–Crippen LogP) is 3.69. The first-order chi connectivity index (χ1) is 14.3. The zero-order valence-electron chi connectivity index (χ0n) is 17.2. The zero-order chi connectivity index (χ0) is 22.1. The topological polar surface area (TPSA) is 84.9 Å². The van der Waals surface area contributed by atoms with Gasteiger partial charge >= 0.3 is 5.97 Å². The molecular formula is C22H25ClN2O5. The van der Waals surface area contributed by atoms with Gasteiger partial charge in [-0.3, -0.25) is 9.59 Å². The van der Waals surface area contributed by atoms with E-state index in [2.05, 4.69) is 5.32 Å². The third kappa shape index (κ3) is 6.77. The van der Waals surface area contributed by atoms with E-state index in [1.165, 1.54) is 0 Å². The van der Waals surface area contributed by atoms with Crippen LogP contribution in [0.1, 0.15) is 29.8 Å². The molecule has 0 aromatic heterocycles. The summed E-state index contributed by atoms with van der Waals surface area (Å²) < 4.78 is 10.3. The third-order valence-corrected chi connectivity index (χ3v) is 4.55. The molecule has 8 heteroatoms. The highest BCUT2D eigenvalue weighted by molar-refractivity contribution is 6.30. The van der Waals surface area contributed by atoms with Gasteiger partial charge in [-0.1, -0.05) is 11.6 Å². The predicted molar refractivity (Wildman–Crippen MR) is 115 cm³/mol. The van der Waals surface area contributed by atoms with E-state index in [1.54, 1.807) is 54.3 Å². The lowest BCUT2D eigenvalue weighted by Gasteiger charge is -2.18. The molecule has 0 aliphatic carbocycles. The number of amides is 2. The van der Waals surface area contributed by atoms with Gasteiger partial charge in [-0.15, -0.1) is 0 Å². The Morgan fingerprint density at radius 1 is 1.00 bits per heavy atom. The average Bonchev–Trinajstić information content (AvgIpc) is 2.73. The molecule has 0 aliphatic heterocycles. The van der Waals surface area contributed by atoms with Crippen molar-refractivity contribution in [2.24, 2.45) is 0 Å². The maximum Gasteiger partial charge on any atom is 0.344 e. The maximum atomic E-state index is 12.3. The molecule has 7 nitrogen and oxygen atoms in total. The van der Waals surface area contributed by atoms with E-state index >= 15 is 0 Å². The fourth-order valence-electron chi connectivity index (χ4n) is 2.69. The summed E-state index contributed by atoms with van der Waals surface area (Å²) in [6.45, 7) is 6.12. The number of halogens is 1. The van der Waals surface area contributed by atoms with Crippen LogP contribution in [0.5, 0.6) is 5.75 Å². The van der Waals surface area contributed by atoms with Crippen molar-refractivity contribution in [3.05, 3.63) is 58.6 Å². The number of carbonyl (C=O) groups is 3. The summed E-state index contributed by atoms with van der Waals surface area (Å²) >= 11 is 5.87. The largest absolute Gasteiger partial charge is 0.482 e. The molecule has 2 aromatic rings. The molecule has 1 N–H and O–H groups in total. The van der Waals surface area contributed by atoms with Crippen LogP contribution in [0.3, 0.4) is 0 Å². The summed E-state index contributed by atoms with van der Waals surface area (Å²) in [5.74, 6) is -0.712. The van der Waals surface area contributed by atoms with Crippen LogP contribution in [0.25, 0.3) is 0 Å². The lowest BCUT2D eigenvalue weighted by Crippen LogP contribution is -2.30. The minimum absolute atomic E-state index is 0.0669. The monoisotopic (exact) mass is 432 g/mol. The second-order valence-corrected chi connectivity index (χ2v) is 6.90. The standard InChI is InChI=1S/C22H25ClN2O5/c1-4-25(5-2)22(28)16-6-9-18(10-7-16)24-20(26)13-30-21(27)14-29-19-11-8-17(23)12-15(19)3/h6-12H,4-5,13-14H2,1-3H3,(H,24,26). The zero-order valence-corrected chi connectivity index (χ0v) is 18.0. The molecule has 0 radical (unpaired) electrons. The van der Waals surface area contributed by atoms with Gasteiger partial charge in [-0.25, -0.2) is 4.79 Å². The fraction of sp³-hybridized carbons (Fsp3) is 0.318. The van der Waals surface area contributed by atoms with E-state index < -0.39 is 18.5 Å². The molecule has 0 heterocycles. The maximum absolute atomic E-state index is 12.3. The quantitative estimate of drug-likeness (QED) is 0.611. The highest BCUT2D eigenvalue weighted by Crippen LogP contribution is 2.21. The van der Waals surface area contributed by atoms with Crippen molar-refractivity contribution < 1.29 is 23.9 Å². The van der Waals surface area contributed by atoms with Gasteiger partial charge in [0, 0.05) is 29.4 Å². The molecule has 2 aromatic carbocycles. The molecule has 2 rings (SSSR count). The van der Waals surface area contributed by atoms with E-state index in [-0.39, 0.29) is 12.5 Å². The number of aryl methyl sites for hydroxylation is 1. The van der Waals surface area contributed by atoms with Gasteiger partial charge in [-0.2, -0.15) is 0 Å².